The molecule has 2 fully saturated rings. The molecule has 5 rings (SSSR count). The summed E-state index contributed by atoms with van der Waals surface area (Å²) in [7, 11) is 0. The van der Waals surface area contributed by atoms with Crippen LogP contribution >= 0.6 is 0 Å². The van der Waals surface area contributed by atoms with Crippen LogP contribution < -0.4 is 5.56 Å². The zero-order chi connectivity index (χ0) is 20.5. The highest BCUT2D eigenvalue weighted by molar-refractivity contribution is 5.79. The van der Waals surface area contributed by atoms with Crippen LogP contribution in [0.3, 0.4) is 0 Å². The highest BCUT2D eigenvalue weighted by Crippen LogP contribution is 2.29. The van der Waals surface area contributed by atoms with E-state index in [9.17, 15) is 9.59 Å². The summed E-state index contributed by atoms with van der Waals surface area (Å²) in [5.41, 5.74) is 1.74. The standard InChI is InChI=1S/C24H26N4O2/c29-23(16-27-17-25-22-9-5-4-8-21(22)24(27)30)28-13-12-26(19-10-11-19)15-20(28)14-18-6-2-1-3-7-18/h1-9,17,19-20H,10-16H2. The largest absolute Gasteiger partial charge is 0.335 e. The lowest BCUT2D eigenvalue weighted by molar-refractivity contribution is -0.137. The van der Waals surface area contributed by atoms with Crippen LogP contribution in [0.25, 0.3) is 10.9 Å². The Morgan fingerprint density at radius 3 is 2.57 bits per heavy atom. The molecule has 0 bridgehead atoms. The number of aromatic nitrogens is 2. The quantitative estimate of drug-likeness (QED) is 0.657. The zero-order valence-electron chi connectivity index (χ0n) is 17.0. The Kier molecular flexibility index (Phi) is 5.09. The zero-order valence-corrected chi connectivity index (χ0v) is 17.0. The van der Waals surface area contributed by atoms with Gasteiger partial charge in [0.2, 0.25) is 5.91 Å². The fourth-order valence-corrected chi connectivity index (χ4v) is 4.50. The Hall–Kier alpha value is -2.99. The Bertz CT molecular complexity index is 1110. The first-order valence-corrected chi connectivity index (χ1v) is 10.7. The first kappa shape index (κ1) is 19.0. The molecule has 1 atom stereocenters. The first-order valence-electron chi connectivity index (χ1n) is 10.7. The molecule has 1 aliphatic carbocycles. The maximum absolute atomic E-state index is 13.3. The van der Waals surface area contributed by atoms with Crippen LogP contribution in [-0.4, -0.2) is 57.0 Å². The van der Waals surface area contributed by atoms with E-state index in [1.165, 1.54) is 29.3 Å². The normalized spacial score (nSPS) is 19.9. The molecule has 1 amide bonds. The summed E-state index contributed by atoms with van der Waals surface area (Å²) >= 11 is 0. The Morgan fingerprint density at radius 1 is 1.00 bits per heavy atom. The number of benzene rings is 2. The van der Waals surface area contributed by atoms with Gasteiger partial charge in [-0.3, -0.25) is 19.1 Å². The molecular weight excluding hydrogens is 376 g/mol. The third-order valence-electron chi connectivity index (χ3n) is 6.25. The van der Waals surface area contributed by atoms with Crippen molar-refractivity contribution in [3.05, 3.63) is 76.8 Å². The summed E-state index contributed by atoms with van der Waals surface area (Å²) in [6.45, 7) is 2.55. The van der Waals surface area contributed by atoms with E-state index in [0.717, 1.165) is 19.5 Å². The molecule has 1 aliphatic heterocycles. The lowest BCUT2D eigenvalue weighted by Crippen LogP contribution is -2.57. The molecule has 30 heavy (non-hydrogen) atoms. The molecule has 2 aliphatic rings. The van der Waals surface area contributed by atoms with Crippen molar-refractivity contribution in [2.45, 2.75) is 37.9 Å². The molecule has 2 heterocycles. The summed E-state index contributed by atoms with van der Waals surface area (Å²) in [5.74, 6) is -0.00874. The molecule has 0 N–H and O–H groups in total. The minimum absolute atomic E-state index is 0.00874. The number of piperazine rings is 1. The highest BCUT2D eigenvalue weighted by atomic mass is 16.2. The Balaban J connectivity index is 1.37. The fourth-order valence-electron chi connectivity index (χ4n) is 4.50. The minimum atomic E-state index is -0.162. The number of hydrogen-bond acceptors (Lipinski definition) is 4. The number of carbonyl (C=O) groups excluding carboxylic acids is 1. The van der Waals surface area contributed by atoms with Crippen LogP contribution in [0, 0.1) is 0 Å². The molecule has 1 unspecified atom stereocenters. The monoisotopic (exact) mass is 402 g/mol. The summed E-state index contributed by atoms with van der Waals surface area (Å²) < 4.78 is 1.44. The predicted molar refractivity (Wildman–Crippen MR) is 116 cm³/mol. The van der Waals surface area contributed by atoms with Crippen molar-refractivity contribution >= 4 is 16.8 Å². The van der Waals surface area contributed by atoms with E-state index in [1.807, 2.05) is 41.3 Å². The second-order valence-corrected chi connectivity index (χ2v) is 8.35. The van der Waals surface area contributed by atoms with E-state index in [-0.39, 0.29) is 24.1 Å². The second-order valence-electron chi connectivity index (χ2n) is 8.35. The molecule has 2 aromatic carbocycles. The SMILES string of the molecule is O=C(Cn1cnc2ccccc2c1=O)N1CCN(C2CC2)CC1Cc1ccccc1. The van der Waals surface area contributed by atoms with Crippen LogP contribution in [0.2, 0.25) is 0 Å². The minimum Gasteiger partial charge on any atom is -0.335 e. The van der Waals surface area contributed by atoms with E-state index in [0.29, 0.717) is 23.5 Å². The molecule has 0 radical (unpaired) electrons. The summed E-state index contributed by atoms with van der Waals surface area (Å²) in [4.78, 5) is 34.9. The molecule has 1 saturated carbocycles. The number of rotatable bonds is 5. The molecule has 154 valence electrons. The van der Waals surface area contributed by atoms with Crippen molar-refractivity contribution in [3.8, 4) is 0 Å². The molecular formula is C24H26N4O2. The van der Waals surface area contributed by atoms with Crippen LogP contribution in [0.15, 0.2) is 65.7 Å². The second kappa shape index (κ2) is 8.03. The lowest BCUT2D eigenvalue weighted by Gasteiger charge is -2.42. The van der Waals surface area contributed by atoms with Crippen molar-refractivity contribution < 1.29 is 4.79 Å². The van der Waals surface area contributed by atoms with E-state index in [4.69, 9.17) is 0 Å². The summed E-state index contributed by atoms with van der Waals surface area (Å²) in [6.07, 6.45) is 4.87. The Morgan fingerprint density at radius 2 is 1.77 bits per heavy atom. The number of hydrogen-bond donors (Lipinski definition) is 0. The lowest BCUT2D eigenvalue weighted by atomic mass is 10.0. The van der Waals surface area contributed by atoms with Gasteiger partial charge in [0.15, 0.2) is 0 Å². The number of nitrogens with zero attached hydrogens (tertiary/aromatic N) is 4. The van der Waals surface area contributed by atoms with Crippen molar-refractivity contribution in [3.63, 3.8) is 0 Å². The average Bonchev–Trinajstić information content (AvgIpc) is 3.62. The summed E-state index contributed by atoms with van der Waals surface area (Å²) in [5, 5.41) is 0.548. The Labute approximate surface area is 175 Å². The van der Waals surface area contributed by atoms with E-state index in [2.05, 4.69) is 22.0 Å². The van der Waals surface area contributed by atoms with Crippen LogP contribution in [0.5, 0.6) is 0 Å². The van der Waals surface area contributed by atoms with Crippen molar-refractivity contribution in [1.82, 2.24) is 19.4 Å². The van der Waals surface area contributed by atoms with Crippen molar-refractivity contribution in [2.75, 3.05) is 19.6 Å². The van der Waals surface area contributed by atoms with Crippen LogP contribution in [0.1, 0.15) is 18.4 Å². The van der Waals surface area contributed by atoms with E-state index >= 15 is 0 Å². The number of fused-ring (bicyclic) bond motifs is 1. The predicted octanol–water partition coefficient (Wildman–Crippen LogP) is 2.31. The number of carbonyl (C=O) groups is 1. The third kappa shape index (κ3) is 3.87. The van der Waals surface area contributed by atoms with Gasteiger partial charge < -0.3 is 4.90 Å². The third-order valence-corrected chi connectivity index (χ3v) is 6.25. The fraction of sp³-hybridized carbons (Fsp3) is 0.375. The van der Waals surface area contributed by atoms with Gasteiger partial charge in [-0.2, -0.15) is 0 Å². The smallest absolute Gasteiger partial charge is 0.261 e. The van der Waals surface area contributed by atoms with Gasteiger partial charge in [0.25, 0.3) is 5.56 Å². The maximum Gasteiger partial charge on any atom is 0.261 e. The number of amides is 1. The van der Waals surface area contributed by atoms with Crippen LogP contribution in [-0.2, 0) is 17.8 Å². The first-order chi connectivity index (χ1) is 14.7. The van der Waals surface area contributed by atoms with Gasteiger partial charge in [-0.1, -0.05) is 42.5 Å². The van der Waals surface area contributed by atoms with Gasteiger partial charge in [0.1, 0.15) is 6.54 Å². The van der Waals surface area contributed by atoms with E-state index in [1.54, 1.807) is 6.07 Å². The number of para-hydroxylation sites is 1. The van der Waals surface area contributed by atoms with Gasteiger partial charge in [-0.05, 0) is 37.0 Å². The molecule has 3 aromatic rings. The van der Waals surface area contributed by atoms with Crippen LogP contribution in [0.4, 0.5) is 0 Å². The van der Waals surface area contributed by atoms with Gasteiger partial charge in [-0.15, -0.1) is 0 Å². The average molecular weight is 402 g/mol. The molecule has 6 heteroatoms. The molecule has 6 nitrogen and oxygen atoms in total. The van der Waals surface area contributed by atoms with Gasteiger partial charge >= 0.3 is 0 Å². The summed E-state index contributed by atoms with van der Waals surface area (Å²) in [6, 6.07) is 18.4. The molecule has 1 aromatic heterocycles. The van der Waals surface area contributed by atoms with Crippen molar-refractivity contribution in [2.24, 2.45) is 0 Å². The topological polar surface area (TPSA) is 58.4 Å². The molecule has 1 saturated heterocycles. The van der Waals surface area contributed by atoms with Gasteiger partial charge in [-0.25, -0.2) is 4.98 Å². The molecule has 0 spiro atoms. The van der Waals surface area contributed by atoms with Crippen molar-refractivity contribution in [1.29, 1.82) is 0 Å². The van der Waals surface area contributed by atoms with Gasteiger partial charge in [0, 0.05) is 31.7 Å². The van der Waals surface area contributed by atoms with E-state index < -0.39 is 0 Å². The van der Waals surface area contributed by atoms with Gasteiger partial charge in [0.05, 0.1) is 17.2 Å². The highest BCUT2D eigenvalue weighted by Gasteiger charge is 2.37. The maximum atomic E-state index is 13.3.